The number of sulfonamides is 1. The van der Waals surface area contributed by atoms with Crippen molar-refractivity contribution >= 4 is 43.2 Å². The number of carbonyl (C=O) groups excluding carboxylic acids is 1. The number of nitrogens with zero attached hydrogens (tertiary/aromatic N) is 2. The molecule has 110 valence electrons. The fourth-order valence-electron chi connectivity index (χ4n) is 2.62. The number of aromatic nitrogens is 1. The summed E-state index contributed by atoms with van der Waals surface area (Å²) in [6.07, 6.45) is 0.0795. The van der Waals surface area contributed by atoms with E-state index in [1.807, 2.05) is 0 Å². The Kier molecular flexibility index (Phi) is 2.82. The van der Waals surface area contributed by atoms with Crippen LogP contribution in [0.2, 0.25) is 0 Å². The minimum Gasteiger partial charge on any atom is -0.273 e. The van der Waals surface area contributed by atoms with Gasteiger partial charge in [-0.05, 0) is 29.8 Å². The Labute approximate surface area is 130 Å². The topological polar surface area (TPSA) is 67.3 Å². The van der Waals surface area contributed by atoms with Gasteiger partial charge < -0.3 is 0 Å². The second-order valence-corrected chi connectivity index (χ2v) is 7.59. The second-order valence-electron chi connectivity index (χ2n) is 4.95. The van der Waals surface area contributed by atoms with Crippen LogP contribution in [0.5, 0.6) is 0 Å². The zero-order valence-electron chi connectivity index (χ0n) is 11.3. The summed E-state index contributed by atoms with van der Waals surface area (Å²) in [5.41, 5.74) is 3.38. The zero-order valence-corrected chi connectivity index (χ0v) is 12.9. The molecule has 1 aliphatic rings. The Bertz CT molecular complexity index is 1010. The number of fused-ring (bicyclic) bond motifs is 2. The van der Waals surface area contributed by atoms with Gasteiger partial charge in [-0.1, -0.05) is 18.2 Å². The monoisotopic (exact) mass is 330 g/mol. The van der Waals surface area contributed by atoms with Gasteiger partial charge >= 0.3 is 0 Å². The van der Waals surface area contributed by atoms with Gasteiger partial charge in [-0.3, -0.25) is 4.79 Å². The fraction of sp³-hybridized carbons (Fsp3) is 0.0667. The highest BCUT2D eigenvalue weighted by Gasteiger charge is 2.37. The Morgan fingerprint density at radius 3 is 2.82 bits per heavy atom. The highest BCUT2D eigenvalue weighted by molar-refractivity contribution is 7.93. The Balaban J connectivity index is 1.93. The van der Waals surface area contributed by atoms with E-state index in [9.17, 15) is 13.2 Å². The lowest BCUT2D eigenvalue weighted by atomic mass is 10.1. The maximum absolute atomic E-state index is 12.8. The number of benzene rings is 2. The molecule has 0 N–H and O–H groups in total. The average molecular weight is 330 g/mol. The van der Waals surface area contributed by atoms with Crippen LogP contribution < -0.4 is 4.31 Å². The van der Waals surface area contributed by atoms with Crippen molar-refractivity contribution < 1.29 is 13.2 Å². The van der Waals surface area contributed by atoms with Gasteiger partial charge in [0.25, 0.3) is 10.0 Å². The minimum absolute atomic E-state index is 0.0795. The molecule has 3 aromatic rings. The molecule has 0 atom stereocenters. The lowest BCUT2D eigenvalue weighted by molar-refractivity contribution is -0.117. The zero-order chi connectivity index (χ0) is 15.3. The van der Waals surface area contributed by atoms with Crippen molar-refractivity contribution in [3.05, 3.63) is 53.5 Å². The van der Waals surface area contributed by atoms with Gasteiger partial charge in [0.05, 0.1) is 32.7 Å². The van der Waals surface area contributed by atoms with E-state index in [1.54, 1.807) is 41.9 Å². The molecule has 2 heterocycles. The molecular formula is C15H10N2O3S2. The summed E-state index contributed by atoms with van der Waals surface area (Å²) in [7, 11) is -3.87. The molecule has 0 radical (unpaired) electrons. The maximum atomic E-state index is 12.8. The van der Waals surface area contributed by atoms with E-state index in [0.717, 1.165) is 14.5 Å². The third-order valence-corrected chi connectivity index (χ3v) is 6.25. The molecule has 0 spiro atoms. The van der Waals surface area contributed by atoms with Crippen LogP contribution in [-0.4, -0.2) is 19.3 Å². The summed E-state index contributed by atoms with van der Waals surface area (Å²) in [5, 5.41) is 0. The number of anilines is 1. The first kappa shape index (κ1) is 13.4. The largest absolute Gasteiger partial charge is 0.273 e. The summed E-state index contributed by atoms with van der Waals surface area (Å²) in [4.78, 5) is 16.7. The van der Waals surface area contributed by atoms with Gasteiger partial charge in [0.15, 0.2) is 0 Å². The van der Waals surface area contributed by atoms with Crippen LogP contribution >= 0.6 is 11.3 Å². The van der Waals surface area contributed by atoms with Crippen LogP contribution in [0, 0.1) is 0 Å². The van der Waals surface area contributed by atoms with Crippen molar-refractivity contribution in [3.8, 4) is 0 Å². The van der Waals surface area contributed by atoms with E-state index >= 15 is 0 Å². The first-order chi connectivity index (χ1) is 10.6. The van der Waals surface area contributed by atoms with E-state index < -0.39 is 15.9 Å². The summed E-state index contributed by atoms with van der Waals surface area (Å²) in [6.45, 7) is 0. The van der Waals surface area contributed by atoms with Gasteiger partial charge in [-0.25, -0.2) is 17.7 Å². The SMILES string of the molecule is O=C1Cc2ccccc2S(=O)(=O)N1c1ccc2ncsc2c1. The molecule has 0 saturated heterocycles. The van der Waals surface area contributed by atoms with Crippen LogP contribution in [0.15, 0.2) is 52.9 Å². The normalized spacial score (nSPS) is 16.7. The van der Waals surface area contributed by atoms with Crippen molar-refractivity contribution in [2.45, 2.75) is 11.3 Å². The molecule has 0 fully saturated rings. The van der Waals surface area contributed by atoms with Crippen molar-refractivity contribution in [2.24, 2.45) is 0 Å². The van der Waals surface area contributed by atoms with Crippen LogP contribution in [0.3, 0.4) is 0 Å². The third-order valence-electron chi connectivity index (χ3n) is 3.61. The van der Waals surface area contributed by atoms with Crippen LogP contribution in [-0.2, 0) is 21.2 Å². The number of hydrogen-bond donors (Lipinski definition) is 0. The molecule has 1 amide bonds. The molecule has 5 nitrogen and oxygen atoms in total. The molecule has 1 aliphatic heterocycles. The molecule has 0 aliphatic carbocycles. The van der Waals surface area contributed by atoms with Crippen LogP contribution in [0.4, 0.5) is 5.69 Å². The van der Waals surface area contributed by atoms with Crippen LogP contribution in [0.1, 0.15) is 5.56 Å². The number of thiazole rings is 1. The first-order valence-corrected chi connectivity index (χ1v) is 8.89. The van der Waals surface area contributed by atoms with Gasteiger partial charge in [0.2, 0.25) is 5.91 Å². The van der Waals surface area contributed by atoms with Gasteiger partial charge in [0, 0.05) is 0 Å². The second kappa shape index (κ2) is 4.62. The number of amides is 1. The molecule has 0 bridgehead atoms. The Morgan fingerprint density at radius 1 is 1.14 bits per heavy atom. The molecule has 7 heteroatoms. The molecule has 1 aromatic heterocycles. The van der Waals surface area contributed by atoms with Crippen LogP contribution in [0.25, 0.3) is 10.2 Å². The van der Waals surface area contributed by atoms with Gasteiger partial charge in [-0.15, -0.1) is 11.3 Å². The number of carbonyl (C=O) groups is 1. The van der Waals surface area contributed by atoms with Crippen molar-refractivity contribution in [2.75, 3.05) is 4.31 Å². The maximum Gasteiger partial charge on any atom is 0.271 e. The van der Waals surface area contributed by atoms with E-state index in [4.69, 9.17) is 0 Å². The number of rotatable bonds is 1. The molecule has 22 heavy (non-hydrogen) atoms. The Morgan fingerprint density at radius 2 is 1.95 bits per heavy atom. The van der Waals surface area contributed by atoms with E-state index in [0.29, 0.717) is 11.3 Å². The fourth-order valence-corrected chi connectivity index (χ4v) is 4.97. The van der Waals surface area contributed by atoms with E-state index in [2.05, 4.69) is 4.98 Å². The summed E-state index contributed by atoms with van der Waals surface area (Å²) >= 11 is 1.41. The van der Waals surface area contributed by atoms with Gasteiger partial charge in [0.1, 0.15) is 0 Å². The molecule has 2 aromatic carbocycles. The standard InChI is InChI=1S/C15H10N2O3S2/c18-15-7-10-3-1-2-4-14(10)22(19,20)17(15)11-5-6-12-13(8-11)21-9-16-12/h1-6,8-9H,7H2. The predicted octanol–water partition coefficient (Wildman–Crippen LogP) is 2.57. The van der Waals surface area contributed by atoms with E-state index in [-0.39, 0.29) is 11.3 Å². The van der Waals surface area contributed by atoms with Crippen molar-refractivity contribution in [1.29, 1.82) is 0 Å². The predicted molar refractivity (Wildman–Crippen MR) is 84.4 cm³/mol. The molecular weight excluding hydrogens is 320 g/mol. The summed E-state index contributed by atoms with van der Waals surface area (Å²) in [5.74, 6) is -0.442. The third kappa shape index (κ3) is 1.86. The van der Waals surface area contributed by atoms with Crippen molar-refractivity contribution in [1.82, 2.24) is 4.98 Å². The van der Waals surface area contributed by atoms with Gasteiger partial charge in [-0.2, -0.15) is 0 Å². The molecule has 4 rings (SSSR count). The smallest absolute Gasteiger partial charge is 0.271 e. The highest BCUT2D eigenvalue weighted by Crippen LogP contribution is 2.33. The minimum atomic E-state index is -3.87. The first-order valence-electron chi connectivity index (χ1n) is 6.57. The Hall–Kier alpha value is -2.25. The molecule has 0 saturated carbocycles. The lowest BCUT2D eigenvalue weighted by Crippen LogP contribution is -2.42. The summed E-state index contributed by atoms with van der Waals surface area (Å²) < 4.78 is 27.3. The quantitative estimate of drug-likeness (QED) is 0.688. The number of hydrogen-bond acceptors (Lipinski definition) is 5. The highest BCUT2D eigenvalue weighted by atomic mass is 32.2. The van der Waals surface area contributed by atoms with Crippen molar-refractivity contribution in [3.63, 3.8) is 0 Å². The lowest BCUT2D eigenvalue weighted by Gasteiger charge is -2.28. The van der Waals surface area contributed by atoms with E-state index in [1.165, 1.54) is 17.4 Å². The summed E-state index contributed by atoms with van der Waals surface area (Å²) in [6, 6.07) is 11.6. The molecule has 0 unspecified atom stereocenters. The average Bonchev–Trinajstić information content (AvgIpc) is 2.94.